The zero-order valence-electron chi connectivity index (χ0n) is 11.7. The lowest BCUT2D eigenvalue weighted by atomic mass is 10.1. The summed E-state index contributed by atoms with van der Waals surface area (Å²) in [6.07, 6.45) is 2.84. The van der Waals surface area contributed by atoms with Gasteiger partial charge in [0, 0.05) is 5.56 Å². The first-order valence-corrected chi connectivity index (χ1v) is 6.47. The number of fused-ring (bicyclic) bond motifs is 1. The summed E-state index contributed by atoms with van der Waals surface area (Å²) in [5, 5.41) is 0. The molecule has 0 saturated carbocycles. The van der Waals surface area contributed by atoms with Crippen molar-refractivity contribution in [1.29, 1.82) is 0 Å². The van der Waals surface area contributed by atoms with Gasteiger partial charge in [0.25, 0.3) is 0 Å². The van der Waals surface area contributed by atoms with Gasteiger partial charge in [-0.1, -0.05) is 0 Å². The molecule has 6 nitrogen and oxygen atoms in total. The van der Waals surface area contributed by atoms with Gasteiger partial charge in [0.05, 0.1) is 7.11 Å². The van der Waals surface area contributed by atoms with Gasteiger partial charge in [-0.05, 0) is 42.5 Å². The highest BCUT2D eigenvalue weighted by molar-refractivity contribution is 6.07. The number of hydrogen-bond acceptors (Lipinski definition) is 6. The Hall–Kier alpha value is -3.02. The van der Waals surface area contributed by atoms with Gasteiger partial charge in [-0.3, -0.25) is 4.79 Å². The van der Waals surface area contributed by atoms with Crippen LogP contribution in [0.25, 0.3) is 6.08 Å². The second-order valence-electron chi connectivity index (χ2n) is 4.46. The Labute approximate surface area is 125 Å². The topological polar surface area (TPSA) is 75.0 Å². The van der Waals surface area contributed by atoms with Crippen molar-refractivity contribution in [2.45, 2.75) is 0 Å². The van der Waals surface area contributed by atoms with E-state index in [-0.39, 0.29) is 18.3 Å². The van der Waals surface area contributed by atoms with Crippen LogP contribution in [0.4, 0.5) is 0 Å². The van der Waals surface area contributed by atoms with Gasteiger partial charge in [0.1, 0.15) is 5.76 Å². The number of furan rings is 1. The number of allylic oxidation sites excluding steroid dienone is 1. The summed E-state index contributed by atoms with van der Waals surface area (Å²) in [5.74, 6) is 0.850. The van der Waals surface area contributed by atoms with Gasteiger partial charge >= 0.3 is 5.97 Å². The van der Waals surface area contributed by atoms with E-state index >= 15 is 0 Å². The molecule has 0 unspecified atom stereocenters. The Bertz CT molecular complexity index is 756. The van der Waals surface area contributed by atoms with E-state index in [4.69, 9.17) is 13.9 Å². The van der Waals surface area contributed by atoms with Crippen LogP contribution in [-0.2, 0) is 4.74 Å². The molecule has 0 spiro atoms. The summed E-state index contributed by atoms with van der Waals surface area (Å²) in [6.45, 7) is 0.158. The molecule has 3 rings (SSSR count). The molecule has 0 atom stereocenters. The molecule has 1 aromatic carbocycles. The largest absolute Gasteiger partial charge is 0.463 e. The Balaban J connectivity index is 1.73. The van der Waals surface area contributed by atoms with E-state index in [0.29, 0.717) is 22.8 Å². The lowest BCUT2D eigenvalue weighted by Gasteiger charge is -1.98. The fourth-order valence-electron chi connectivity index (χ4n) is 1.96. The molecule has 0 fully saturated rings. The second kappa shape index (κ2) is 5.77. The van der Waals surface area contributed by atoms with Crippen LogP contribution in [0.1, 0.15) is 26.7 Å². The predicted molar refractivity (Wildman–Crippen MR) is 76.0 cm³/mol. The number of carbonyl (C=O) groups excluding carboxylic acids is 2. The van der Waals surface area contributed by atoms with E-state index in [2.05, 4.69) is 4.74 Å². The molecule has 6 heteroatoms. The van der Waals surface area contributed by atoms with E-state index < -0.39 is 5.97 Å². The van der Waals surface area contributed by atoms with Crippen LogP contribution in [-0.4, -0.2) is 25.7 Å². The Morgan fingerprint density at radius 1 is 1.14 bits per heavy atom. The second-order valence-corrected chi connectivity index (χ2v) is 4.46. The van der Waals surface area contributed by atoms with Crippen molar-refractivity contribution < 1.29 is 28.2 Å². The van der Waals surface area contributed by atoms with Gasteiger partial charge in [0.2, 0.25) is 12.6 Å². The molecular formula is C16H12O6. The zero-order chi connectivity index (χ0) is 15.5. The predicted octanol–water partition coefficient (Wildman–Crippen LogP) is 2.69. The zero-order valence-corrected chi connectivity index (χ0v) is 11.7. The minimum atomic E-state index is -0.568. The van der Waals surface area contributed by atoms with Crippen LogP contribution in [0.5, 0.6) is 11.5 Å². The first kappa shape index (κ1) is 13.9. The minimum Gasteiger partial charge on any atom is -0.463 e. The van der Waals surface area contributed by atoms with Gasteiger partial charge in [-0.25, -0.2) is 4.79 Å². The molecule has 2 aromatic rings. The van der Waals surface area contributed by atoms with Crippen molar-refractivity contribution >= 4 is 17.8 Å². The molecule has 0 amide bonds. The van der Waals surface area contributed by atoms with Crippen LogP contribution in [0.15, 0.2) is 40.8 Å². The highest BCUT2D eigenvalue weighted by Crippen LogP contribution is 2.32. The first-order valence-electron chi connectivity index (χ1n) is 6.47. The molecule has 1 aliphatic rings. The minimum absolute atomic E-state index is 0.0812. The monoisotopic (exact) mass is 300 g/mol. The summed E-state index contributed by atoms with van der Waals surface area (Å²) in [5.41, 5.74) is 0.472. The van der Waals surface area contributed by atoms with E-state index in [0.717, 1.165) is 0 Å². The van der Waals surface area contributed by atoms with Crippen molar-refractivity contribution in [1.82, 2.24) is 0 Å². The molecule has 22 heavy (non-hydrogen) atoms. The Kier molecular flexibility index (Phi) is 3.65. The van der Waals surface area contributed by atoms with Crippen molar-refractivity contribution in [2.24, 2.45) is 0 Å². The number of esters is 1. The molecule has 1 aliphatic heterocycles. The summed E-state index contributed by atoms with van der Waals surface area (Å²) >= 11 is 0. The third kappa shape index (κ3) is 2.71. The van der Waals surface area contributed by atoms with E-state index in [9.17, 15) is 9.59 Å². The van der Waals surface area contributed by atoms with Crippen LogP contribution in [0.3, 0.4) is 0 Å². The third-order valence-corrected chi connectivity index (χ3v) is 3.07. The van der Waals surface area contributed by atoms with Crippen LogP contribution in [0.2, 0.25) is 0 Å². The quantitative estimate of drug-likeness (QED) is 0.491. The molecule has 0 N–H and O–H groups in total. The van der Waals surface area contributed by atoms with Crippen molar-refractivity contribution in [2.75, 3.05) is 13.9 Å². The fourth-order valence-corrected chi connectivity index (χ4v) is 1.96. The number of ether oxygens (including phenoxy) is 3. The average Bonchev–Trinajstić information content (AvgIpc) is 3.19. The summed E-state index contributed by atoms with van der Waals surface area (Å²) in [7, 11) is 1.27. The van der Waals surface area contributed by atoms with E-state index in [1.54, 1.807) is 24.3 Å². The van der Waals surface area contributed by atoms with E-state index in [1.165, 1.54) is 25.3 Å². The Morgan fingerprint density at radius 3 is 2.77 bits per heavy atom. The average molecular weight is 300 g/mol. The maximum atomic E-state index is 12.1. The number of methoxy groups -OCH3 is 1. The molecule has 0 radical (unpaired) electrons. The lowest BCUT2D eigenvalue weighted by Crippen LogP contribution is -1.98. The maximum absolute atomic E-state index is 12.1. The van der Waals surface area contributed by atoms with Gasteiger partial charge in [-0.2, -0.15) is 0 Å². The molecule has 2 heterocycles. The maximum Gasteiger partial charge on any atom is 0.373 e. The first-order chi connectivity index (χ1) is 10.7. The smallest absolute Gasteiger partial charge is 0.373 e. The molecule has 0 bridgehead atoms. The third-order valence-electron chi connectivity index (χ3n) is 3.07. The highest BCUT2D eigenvalue weighted by atomic mass is 16.7. The Morgan fingerprint density at radius 2 is 1.95 bits per heavy atom. The summed E-state index contributed by atoms with van der Waals surface area (Å²) in [6, 6.07) is 8.02. The van der Waals surface area contributed by atoms with Crippen molar-refractivity contribution in [3.8, 4) is 11.5 Å². The number of rotatable bonds is 4. The van der Waals surface area contributed by atoms with Crippen LogP contribution >= 0.6 is 0 Å². The molecule has 1 aromatic heterocycles. The number of benzene rings is 1. The molecule has 0 saturated heterocycles. The number of ketones is 1. The van der Waals surface area contributed by atoms with E-state index in [1.807, 2.05) is 0 Å². The molecule has 0 aliphatic carbocycles. The van der Waals surface area contributed by atoms with Crippen molar-refractivity contribution in [3.63, 3.8) is 0 Å². The van der Waals surface area contributed by atoms with Gasteiger partial charge in [-0.15, -0.1) is 0 Å². The lowest BCUT2D eigenvalue weighted by molar-refractivity contribution is 0.0564. The SMILES string of the molecule is COC(=O)c1ccc(/C=C\C(=O)c2ccc3c(c2)OCO3)o1. The number of carbonyl (C=O) groups is 2. The summed E-state index contributed by atoms with van der Waals surface area (Å²) in [4.78, 5) is 23.4. The number of hydrogen-bond donors (Lipinski definition) is 0. The van der Waals surface area contributed by atoms with Crippen LogP contribution < -0.4 is 9.47 Å². The van der Waals surface area contributed by atoms with Crippen LogP contribution in [0, 0.1) is 0 Å². The summed E-state index contributed by atoms with van der Waals surface area (Å²) < 4.78 is 20.2. The van der Waals surface area contributed by atoms with Gasteiger partial charge < -0.3 is 18.6 Å². The van der Waals surface area contributed by atoms with Crippen molar-refractivity contribution in [3.05, 3.63) is 53.5 Å². The molecular weight excluding hydrogens is 288 g/mol. The highest BCUT2D eigenvalue weighted by Gasteiger charge is 2.15. The normalized spacial score (nSPS) is 12.6. The fraction of sp³-hybridized carbons (Fsp3) is 0.125. The standard InChI is InChI=1S/C16H12O6/c1-19-16(18)14-7-4-11(22-14)3-5-12(17)10-2-6-13-15(8-10)21-9-20-13/h2-8H,9H2,1H3/b5-3-. The molecule has 112 valence electrons. The van der Waals surface area contributed by atoms with Gasteiger partial charge in [0.15, 0.2) is 17.3 Å².